The summed E-state index contributed by atoms with van der Waals surface area (Å²) < 4.78 is 2.05. The second-order valence-corrected chi connectivity index (χ2v) is 9.68. The molecule has 0 spiro atoms. The number of aromatic nitrogens is 4. The number of benzene rings is 1. The van der Waals surface area contributed by atoms with Gasteiger partial charge in [0.25, 0.3) is 5.91 Å². The Morgan fingerprint density at radius 3 is 2.57 bits per heavy atom. The summed E-state index contributed by atoms with van der Waals surface area (Å²) in [7, 11) is 0. The number of hydrogen-bond acceptors (Lipinski definition) is 6. The Morgan fingerprint density at radius 1 is 1.14 bits per heavy atom. The third kappa shape index (κ3) is 5.29. The minimum absolute atomic E-state index is 0.0109. The lowest BCUT2D eigenvalue weighted by molar-refractivity contribution is -0.139. The number of pyridine rings is 2. The topological polar surface area (TPSA) is 122 Å². The normalized spacial score (nSPS) is 16.4. The lowest BCUT2D eigenvalue weighted by Gasteiger charge is -2.24. The number of amides is 1. The van der Waals surface area contributed by atoms with E-state index in [0.717, 1.165) is 54.0 Å². The van der Waals surface area contributed by atoms with Gasteiger partial charge in [-0.15, -0.1) is 0 Å². The molecule has 190 valence electrons. The molecule has 1 saturated heterocycles. The average molecular weight is 539 g/mol. The van der Waals surface area contributed by atoms with Crippen LogP contribution in [0.2, 0.25) is 10.0 Å². The Kier molecular flexibility index (Phi) is 7.36. The Morgan fingerprint density at radius 2 is 1.89 bits per heavy atom. The highest BCUT2D eigenvalue weighted by molar-refractivity contribution is 6.39. The maximum atomic E-state index is 12.7. The van der Waals surface area contributed by atoms with Crippen molar-refractivity contribution in [3.63, 3.8) is 0 Å². The molecule has 3 N–H and O–H groups in total. The molecular weight excluding hydrogens is 515 g/mol. The number of piperidine rings is 1. The molecule has 2 atom stereocenters. The molecule has 0 saturated carbocycles. The molecule has 4 heterocycles. The van der Waals surface area contributed by atoms with E-state index >= 15 is 0 Å². The monoisotopic (exact) mass is 538 g/mol. The maximum absolute atomic E-state index is 12.7. The van der Waals surface area contributed by atoms with Crippen LogP contribution in [0.1, 0.15) is 47.1 Å². The number of carboxylic acids is 1. The van der Waals surface area contributed by atoms with E-state index in [1.807, 2.05) is 41.0 Å². The first-order valence-electron chi connectivity index (χ1n) is 11.9. The van der Waals surface area contributed by atoms with Crippen molar-refractivity contribution < 1.29 is 14.7 Å². The van der Waals surface area contributed by atoms with Crippen LogP contribution in [0.4, 0.5) is 0 Å². The zero-order valence-corrected chi connectivity index (χ0v) is 21.2. The first kappa shape index (κ1) is 25.1. The number of nitrogens with zero attached hydrogens (tertiary/aromatic N) is 4. The molecule has 0 radical (unpaired) electrons. The number of carboxylic acid groups (broad SMARTS) is 1. The predicted octanol–water partition coefficient (Wildman–Crippen LogP) is 4.36. The third-order valence-corrected chi connectivity index (χ3v) is 6.96. The van der Waals surface area contributed by atoms with Gasteiger partial charge in [0.1, 0.15) is 17.4 Å². The Labute approximate surface area is 222 Å². The van der Waals surface area contributed by atoms with Crippen molar-refractivity contribution >= 4 is 46.2 Å². The van der Waals surface area contributed by atoms with Crippen molar-refractivity contribution in [1.82, 2.24) is 30.2 Å². The molecule has 1 fully saturated rings. The standard InChI is InChI=1S/C26H24Cl2N6O3/c27-17-13-29-14-18(28)22(17)25(35)33-21(26(36)37)12-15-6-8-16(9-7-15)34-23-20(5-3-11-31-23)32-24(34)19-4-1-2-10-30-19/h3,5-9,11,13-14,19,21,30H,1-2,4,10,12H2,(H,33,35)(H,36,37)/t19-,21+/m1/s1. The number of halogens is 2. The van der Waals surface area contributed by atoms with Gasteiger partial charge < -0.3 is 15.7 Å². The molecule has 0 aliphatic carbocycles. The van der Waals surface area contributed by atoms with E-state index in [-0.39, 0.29) is 28.1 Å². The highest BCUT2D eigenvalue weighted by Crippen LogP contribution is 2.29. The second-order valence-electron chi connectivity index (χ2n) is 8.87. The molecule has 1 aliphatic rings. The summed E-state index contributed by atoms with van der Waals surface area (Å²) in [5.41, 5.74) is 3.18. The number of carbonyl (C=O) groups is 2. The molecule has 11 heteroatoms. The van der Waals surface area contributed by atoms with Gasteiger partial charge in [0.15, 0.2) is 5.65 Å². The zero-order valence-electron chi connectivity index (χ0n) is 19.7. The summed E-state index contributed by atoms with van der Waals surface area (Å²) in [6, 6.07) is 10.3. The zero-order chi connectivity index (χ0) is 25.9. The molecule has 1 aliphatic heterocycles. The minimum atomic E-state index is -1.18. The molecule has 1 aromatic carbocycles. The fraction of sp³-hybridized carbons (Fsp3) is 0.269. The SMILES string of the molecule is O=C(N[C@@H](Cc1ccc(-n2c([C@H]3CCCCN3)nc3cccnc32)cc1)C(=O)O)c1c(Cl)cncc1Cl. The number of hydrogen-bond donors (Lipinski definition) is 3. The summed E-state index contributed by atoms with van der Waals surface area (Å²) in [6.45, 7) is 0.943. The van der Waals surface area contributed by atoms with Gasteiger partial charge >= 0.3 is 5.97 Å². The molecule has 0 bridgehead atoms. The first-order chi connectivity index (χ1) is 17.9. The van der Waals surface area contributed by atoms with Crippen LogP contribution in [0.15, 0.2) is 55.0 Å². The minimum Gasteiger partial charge on any atom is -0.480 e. The molecule has 5 rings (SSSR count). The van der Waals surface area contributed by atoms with E-state index in [1.165, 1.54) is 12.4 Å². The maximum Gasteiger partial charge on any atom is 0.326 e. The van der Waals surface area contributed by atoms with Crippen molar-refractivity contribution in [2.24, 2.45) is 0 Å². The van der Waals surface area contributed by atoms with Crippen LogP contribution in [0.3, 0.4) is 0 Å². The van der Waals surface area contributed by atoms with Gasteiger partial charge in [0.05, 0.1) is 21.7 Å². The predicted molar refractivity (Wildman–Crippen MR) is 140 cm³/mol. The van der Waals surface area contributed by atoms with Crippen molar-refractivity contribution in [3.8, 4) is 5.69 Å². The van der Waals surface area contributed by atoms with Crippen LogP contribution >= 0.6 is 23.2 Å². The lowest BCUT2D eigenvalue weighted by Crippen LogP contribution is -2.42. The van der Waals surface area contributed by atoms with Gasteiger partial charge in [-0.1, -0.05) is 41.8 Å². The largest absolute Gasteiger partial charge is 0.480 e. The summed E-state index contributed by atoms with van der Waals surface area (Å²) in [4.78, 5) is 37.9. The van der Waals surface area contributed by atoms with Gasteiger partial charge in [-0.3, -0.25) is 14.3 Å². The molecule has 1 amide bonds. The van der Waals surface area contributed by atoms with Crippen molar-refractivity contribution in [2.75, 3.05) is 6.54 Å². The Balaban J connectivity index is 1.40. The fourth-order valence-corrected chi connectivity index (χ4v) is 5.10. The first-order valence-corrected chi connectivity index (χ1v) is 12.7. The number of carbonyl (C=O) groups excluding carboxylic acids is 1. The highest BCUT2D eigenvalue weighted by atomic mass is 35.5. The second kappa shape index (κ2) is 10.8. The third-order valence-electron chi connectivity index (χ3n) is 6.38. The van der Waals surface area contributed by atoms with Gasteiger partial charge in [0, 0.05) is 30.7 Å². The molecule has 0 unspecified atom stereocenters. The fourth-order valence-electron chi connectivity index (χ4n) is 4.57. The van der Waals surface area contributed by atoms with Crippen LogP contribution in [0.5, 0.6) is 0 Å². The summed E-state index contributed by atoms with van der Waals surface area (Å²) >= 11 is 12.1. The average Bonchev–Trinajstić information content (AvgIpc) is 3.29. The lowest BCUT2D eigenvalue weighted by atomic mass is 10.0. The molecule has 3 aromatic heterocycles. The van der Waals surface area contributed by atoms with Gasteiger partial charge in [-0.25, -0.2) is 14.8 Å². The van der Waals surface area contributed by atoms with Gasteiger partial charge in [-0.05, 0) is 49.2 Å². The van der Waals surface area contributed by atoms with Gasteiger partial charge in [-0.2, -0.15) is 0 Å². The molecular formula is C26H24Cl2N6O3. The molecule has 37 heavy (non-hydrogen) atoms. The van der Waals surface area contributed by atoms with Crippen molar-refractivity contribution in [3.05, 3.63) is 82.0 Å². The Hall–Kier alpha value is -3.53. The van der Waals surface area contributed by atoms with E-state index in [0.29, 0.717) is 0 Å². The van der Waals surface area contributed by atoms with Crippen molar-refractivity contribution in [1.29, 1.82) is 0 Å². The van der Waals surface area contributed by atoms with Crippen LogP contribution in [-0.4, -0.2) is 49.1 Å². The molecule has 4 aromatic rings. The number of fused-ring (bicyclic) bond motifs is 1. The van der Waals surface area contributed by atoms with Gasteiger partial charge in [0.2, 0.25) is 0 Å². The quantitative estimate of drug-likeness (QED) is 0.319. The van der Waals surface area contributed by atoms with Crippen LogP contribution in [-0.2, 0) is 11.2 Å². The number of aliphatic carboxylic acids is 1. The van der Waals surface area contributed by atoms with E-state index < -0.39 is 17.9 Å². The van der Waals surface area contributed by atoms with Crippen LogP contribution < -0.4 is 10.6 Å². The van der Waals surface area contributed by atoms with E-state index in [1.54, 1.807) is 6.20 Å². The molecule has 9 nitrogen and oxygen atoms in total. The summed E-state index contributed by atoms with van der Waals surface area (Å²) in [5.74, 6) is -0.945. The number of nitrogens with one attached hydrogen (secondary N) is 2. The summed E-state index contributed by atoms with van der Waals surface area (Å²) in [6.07, 6.45) is 7.64. The van der Waals surface area contributed by atoms with Crippen molar-refractivity contribution in [2.45, 2.75) is 37.8 Å². The number of imidazole rings is 1. The summed E-state index contributed by atoms with van der Waals surface area (Å²) in [5, 5.41) is 15.9. The smallest absolute Gasteiger partial charge is 0.326 e. The van der Waals surface area contributed by atoms with E-state index in [9.17, 15) is 14.7 Å². The van der Waals surface area contributed by atoms with Crippen LogP contribution in [0.25, 0.3) is 16.9 Å². The van der Waals surface area contributed by atoms with E-state index in [4.69, 9.17) is 28.2 Å². The highest BCUT2D eigenvalue weighted by Gasteiger charge is 2.25. The number of rotatable bonds is 7. The van der Waals surface area contributed by atoms with E-state index in [2.05, 4.69) is 20.6 Å². The Bertz CT molecular complexity index is 1430. The van der Waals surface area contributed by atoms with Crippen LogP contribution in [0, 0.1) is 0 Å².